The van der Waals surface area contributed by atoms with E-state index in [1.807, 2.05) is 5.43 Å². The van der Waals surface area contributed by atoms with Crippen molar-refractivity contribution >= 4 is 59.2 Å². The molecular weight excluding hydrogens is 526 g/mol. The lowest BCUT2D eigenvalue weighted by molar-refractivity contribution is -0.121. The number of hydrogen-bond acceptors (Lipinski definition) is 6. The average Bonchev–Trinajstić information content (AvgIpc) is 2.47. The minimum atomic E-state index is -5.63. The maximum Gasteiger partial charge on any atom is 0.369 e. The van der Waals surface area contributed by atoms with Crippen molar-refractivity contribution in [1.82, 2.24) is 5.43 Å². The quantitative estimate of drug-likeness (QED) is 0.151. The van der Waals surface area contributed by atoms with Gasteiger partial charge in [-0.05, 0) is 28.1 Å². The first-order valence-corrected chi connectivity index (χ1v) is 11.3. The van der Waals surface area contributed by atoms with Crippen LogP contribution in [0.1, 0.15) is 18.4 Å². The standard InChI is InChI=1S/C11H14Br2N2O9P2/c12-7-3-6(10(17)8(13)4-7)5-14-15-9(16)1-2-11(18,25(19,20)21)26(22,23)24/h3-5,17-18H,1-2H2,(H,15,16)(H2,19,20,21)(H2,22,23,24)/b14-5+. The van der Waals surface area contributed by atoms with Crippen molar-refractivity contribution in [2.45, 2.75) is 17.9 Å². The number of halogens is 2. The highest BCUT2D eigenvalue weighted by atomic mass is 79.9. The first-order chi connectivity index (χ1) is 11.7. The van der Waals surface area contributed by atoms with Crippen LogP contribution in [0.2, 0.25) is 0 Å². The van der Waals surface area contributed by atoms with Crippen LogP contribution < -0.4 is 5.43 Å². The number of carbonyl (C=O) groups excluding carboxylic acids is 1. The molecule has 0 fully saturated rings. The average molecular weight is 540 g/mol. The van der Waals surface area contributed by atoms with E-state index in [-0.39, 0.29) is 11.3 Å². The minimum Gasteiger partial charge on any atom is -0.506 e. The van der Waals surface area contributed by atoms with Crippen molar-refractivity contribution in [3.8, 4) is 5.75 Å². The molecule has 26 heavy (non-hydrogen) atoms. The number of rotatable bonds is 7. The number of aliphatic hydroxyl groups is 1. The molecule has 0 aliphatic heterocycles. The van der Waals surface area contributed by atoms with Gasteiger partial charge < -0.3 is 29.8 Å². The van der Waals surface area contributed by atoms with Gasteiger partial charge in [-0.3, -0.25) is 13.9 Å². The van der Waals surface area contributed by atoms with Crippen LogP contribution in [0.3, 0.4) is 0 Å². The van der Waals surface area contributed by atoms with Gasteiger partial charge in [-0.1, -0.05) is 15.9 Å². The van der Waals surface area contributed by atoms with Gasteiger partial charge in [-0.2, -0.15) is 5.10 Å². The van der Waals surface area contributed by atoms with E-state index in [2.05, 4.69) is 37.0 Å². The van der Waals surface area contributed by atoms with E-state index in [4.69, 9.17) is 19.6 Å². The summed E-state index contributed by atoms with van der Waals surface area (Å²) in [6.45, 7) is 0. The number of amides is 1. The molecular formula is C11H14Br2N2O9P2. The minimum absolute atomic E-state index is 0.163. The number of phenols is 1. The van der Waals surface area contributed by atoms with Gasteiger partial charge in [0.1, 0.15) is 5.75 Å². The molecule has 146 valence electrons. The normalized spacial score (nSPS) is 13.2. The molecule has 1 rings (SSSR count). The molecule has 0 aromatic heterocycles. The van der Waals surface area contributed by atoms with Gasteiger partial charge in [0.15, 0.2) is 0 Å². The number of nitrogens with zero attached hydrogens (tertiary/aromatic N) is 1. The Bertz CT molecular complexity index is 798. The number of carbonyl (C=O) groups is 1. The predicted octanol–water partition coefficient (Wildman–Crippen LogP) is 1.15. The zero-order chi connectivity index (χ0) is 20.3. The Morgan fingerprint density at radius 2 is 1.73 bits per heavy atom. The first kappa shape index (κ1) is 23.4. The molecule has 1 aromatic rings. The van der Waals surface area contributed by atoms with Crippen molar-refractivity contribution in [3.63, 3.8) is 0 Å². The summed E-state index contributed by atoms with van der Waals surface area (Å²) in [7, 11) is -11.3. The van der Waals surface area contributed by atoms with Gasteiger partial charge in [0.05, 0.1) is 10.7 Å². The van der Waals surface area contributed by atoms with Crippen molar-refractivity contribution in [2.75, 3.05) is 0 Å². The summed E-state index contributed by atoms with van der Waals surface area (Å²) in [4.78, 5) is 47.5. The van der Waals surface area contributed by atoms with Crippen LogP contribution in [-0.2, 0) is 13.9 Å². The molecule has 0 saturated heterocycles. The molecule has 15 heteroatoms. The van der Waals surface area contributed by atoms with E-state index in [0.29, 0.717) is 8.95 Å². The van der Waals surface area contributed by atoms with E-state index in [1.54, 1.807) is 6.07 Å². The summed E-state index contributed by atoms with van der Waals surface area (Å²) in [6.07, 6.45) is -0.963. The molecule has 7 N–H and O–H groups in total. The Balaban J connectivity index is 2.79. The highest BCUT2D eigenvalue weighted by molar-refractivity contribution is 9.11. The van der Waals surface area contributed by atoms with E-state index in [1.165, 1.54) is 6.07 Å². The second-order valence-corrected chi connectivity index (χ2v) is 10.8. The third-order valence-corrected chi connectivity index (χ3v) is 8.01. The summed E-state index contributed by atoms with van der Waals surface area (Å²) in [6, 6.07) is 3.05. The zero-order valence-corrected chi connectivity index (χ0v) is 17.6. The lowest BCUT2D eigenvalue weighted by Gasteiger charge is -2.28. The molecule has 0 radical (unpaired) electrons. The molecule has 0 saturated carbocycles. The maximum absolute atomic E-state index is 11.6. The number of phenolic OH excluding ortho intramolecular Hbond substituents is 1. The van der Waals surface area contributed by atoms with Crippen molar-refractivity contribution in [2.24, 2.45) is 5.10 Å². The SMILES string of the molecule is O=C(CCC(O)(P(=O)(O)O)P(=O)(O)O)N/N=C/c1cc(Br)cc(Br)c1O. The highest BCUT2D eigenvalue weighted by Gasteiger charge is 2.59. The lowest BCUT2D eigenvalue weighted by atomic mass is 10.2. The molecule has 0 aliphatic carbocycles. The molecule has 1 aromatic carbocycles. The zero-order valence-electron chi connectivity index (χ0n) is 12.7. The monoisotopic (exact) mass is 538 g/mol. The van der Waals surface area contributed by atoms with Crippen molar-refractivity contribution in [3.05, 3.63) is 26.6 Å². The Hall–Kier alpha value is -0.620. The molecule has 0 unspecified atom stereocenters. The molecule has 0 aliphatic rings. The molecule has 11 nitrogen and oxygen atoms in total. The summed E-state index contributed by atoms with van der Waals surface area (Å²) >= 11 is 6.28. The van der Waals surface area contributed by atoms with E-state index < -0.39 is 39.0 Å². The fourth-order valence-electron chi connectivity index (χ4n) is 1.66. The van der Waals surface area contributed by atoms with Gasteiger partial charge in [0.25, 0.3) is 5.08 Å². The second kappa shape index (κ2) is 8.59. The van der Waals surface area contributed by atoms with Crippen LogP contribution >= 0.6 is 47.1 Å². The number of hydrogen-bond donors (Lipinski definition) is 7. The Kier molecular flexibility index (Phi) is 7.74. The third kappa shape index (κ3) is 5.69. The number of nitrogens with one attached hydrogen (secondary N) is 1. The van der Waals surface area contributed by atoms with E-state index in [9.17, 15) is 24.1 Å². The smallest absolute Gasteiger partial charge is 0.369 e. The van der Waals surface area contributed by atoms with Gasteiger partial charge in [0, 0.05) is 22.9 Å². The fraction of sp³-hybridized carbons (Fsp3) is 0.273. The maximum atomic E-state index is 11.6. The largest absolute Gasteiger partial charge is 0.506 e. The second-order valence-electron chi connectivity index (χ2n) is 4.98. The Morgan fingerprint density at radius 3 is 2.23 bits per heavy atom. The van der Waals surface area contributed by atoms with Gasteiger partial charge in [-0.25, -0.2) is 5.43 Å². The molecule has 1 amide bonds. The Labute approximate surface area is 163 Å². The fourth-order valence-corrected chi connectivity index (χ4v) is 5.08. The number of benzene rings is 1. The third-order valence-electron chi connectivity index (χ3n) is 3.07. The molecule has 0 atom stereocenters. The van der Waals surface area contributed by atoms with Crippen LogP contribution in [0.4, 0.5) is 0 Å². The number of aromatic hydroxyl groups is 1. The van der Waals surface area contributed by atoms with Crippen LogP contribution in [0.5, 0.6) is 5.75 Å². The summed E-state index contributed by atoms with van der Waals surface area (Å²) in [5.41, 5.74) is 2.16. The van der Waals surface area contributed by atoms with Gasteiger partial charge in [0.2, 0.25) is 5.91 Å². The summed E-state index contributed by atoms with van der Waals surface area (Å²) in [5, 5.41) is 19.3. The molecule has 0 bridgehead atoms. The van der Waals surface area contributed by atoms with Crippen LogP contribution in [-0.4, -0.2) is 47.0 Å². The van der Waals surface area contributed by atoms with E-state index >= 15 is 0 Å². The molecule has 0 heterocycles. The van der Waals surface area contributed by atoms with Crippen molar-refractivity contribution in [1.29, 1.82) is 0 Å². The predicted molar refractivity (Wildman–Crippen MR) is 97.5 cm³/mol. The van der Waals surface area contributed by atoms with Crippen LogP contribution in [0, 0.1) is 0 Å². The molecule has 0 spiro atoms. The summed E-state index contributed by atoms with van der Waals surface area (Å²) in [5.74, 6) is -1.14. The van der Waals surface area contributed by atoms with Gasteiger partial charge in [-0.15, -0.1) is 0 Å². The van der Waals surface area contributed by atoms with Gasteiger partial charge >= 0.3 is 15.2 Å². The summed E-state index contributed by atoms with van der Waals surface area (Å²) < 4.78 is 23.3. The number of hydrazone groups is 1. The lowest BCUT2D eigenvalue weighted by Crippen LogP contribution is -2.31. The highest BCUT2D eigenvalue weighted by Crippen LogP contribution is 2.69. The van der Waals surface area contributed by atoms with Crippen LogP contribution in [0.15, 0.2) is 26.2 Å². The Morgan fingerprint density at radius 1 is 1.19 bits per heavy atom. The van der Waals surface area contributed by atoms with Crippen molar-refractivity contribution < 1.29 is 43.7 Å². The van der Waals surface area contributed by atoms with Crippen LogP contribution in [0.25, 0.3) is 0 Å². The topological polar surface area (TPSA) is 197 Å². The van der Waals surface area contributed by atoms with E-state index in [0.717, 1.165) is 6.21 Å². The first-order valence-electron chi connectivity index (χ1n) is 6.52.